The van der Waals surface area contributed by atoms with E-state index < -0.39 is 23.5 Å². The van der Waals surface area contributed by atoms with E-state index in [1.54, 1.807) is 12.1 Å². The highest BCUT2D eigenvalue weighted by Gasteiger charge is 2.34. The normalized spacial score (nSPS) is 11.6. The van der Waals surface area contributed by atoms with Crippen molar-refractivity contribution in [1.82, 2.24) is 4.57 Å². The fourth-order valence-electron chi connectivity index (χ4n) is 2.94. The Morgan fingerprint density at radius 1 is 0.963 bits per heavy atom. The summed E-state index contributed by atoms with van der Waals surface area (Å²) in [6, 6.07) is 13.5. The summed E-state index contributed by atoms with van der Waals surface area (Å²) in [5, 5.41) is 10.8. The maximum absolute atomic E-state index is 13.5. The van der Waals surface area contributed by atoms with E-state index in [-0.39, 0.29) is 18.5 Å². The fourth-order valence-corrected chi connectivity index (χ4v) is 2.94. The van der Waals surface area contributed by atoms with Crippen LogP contribution in [0.5, 0.6) is 0 Å². The first-order valence-corrected chi connectivity index (χ1v) is 8.10. The number of benzene rings is 2. The molecule has 1 aromatic heterocycles. The molecule has 0 radical (unpaired) electrons. The summed E-state index contributed by atoms with van der Waals surface area (Å²) < 4.78 is 55.1. The number of hydrogen-bond acceptors (Lipinski definition) is 2. The Balaban J connectivity index is 2.21. The highest BCUT2D eigenvalue weighted by molar-refractivity contribution is 5.67. The molecule has 2 aromatic carbocycles. The van der Waals surface area contributed by atoms with Crippen LogP contribution >= 0.6 is 0 Å². The van der Waals surface area contributed by atoms with Gasteiger partial charge >= 0.3 is 6.18 Å². The Hall–Kier alpha value is -3.09. The van der Waals surface area contributed by atoms with Crippen molar-refractivity contribution in [1.29, 1.82) is 0 Å². The number of rotatable bonds is 5. The molecule has 3 aromatic rings. The lowest BCUT2D eigenvalue weighted by Crippen LogP contribution is -2.23. The molecule has 0 saturated heterocycles. The second-order valence-electron chi connectivity index (χ2n) is 5.94. The molecule has 0 aliphatic carbocycles. The molecule has 1 heterocycles. The SMILES string of the molecule is O=C([O-])CCc1ccc(-c2ccc(F)cc2)n1-c1ccccc1C(F)(F)F. The quantitative estimate of drug-likeness (QED) is 0.632. The van der Waals surface area contributed by atoms with Crippen LogP contribution in [0.1, 0.15) is 17.7 Å². The van der Waals surface area contributed by atoms with Crippen LogP contribution in [-0.4, -0.2) is 10.5 Å². The molecule has 0 aliphatic rings. The molecule has 0 N–H and O–H groups in total. The van der Waals surface area contributed by atoms with Crippen LogP contribution in [-0.2, 0) is 17.4 Å². The summed E-state index contributed by atoms with van der Waals surface area (Å²) in [7, 11) is 0. The molecule has 0 bridgehead atoms. The summed E-state index contributed by atoms with van der Waals surface area (Å²) in [4.78, 5) is 10.8. The summed E-state index contributed by atoms with van der Waals surface area (Å²) >= 11 is 0. The van der Waals surface area contributed by atoms with Gasteiger partial charge < -0.3 is 14.5 Å². The molecule has 7 heteroatoms. The van der Waals surface area contributed by atoms with Gasteiger partial charge in [-0.2, -0.15) is 13.2 Å². The molecular formula is C20H14F4NO2-. The smallest absolute Gasteiger partial charge is 0.418 e. The Morgan fingerprint density at radius 3 is 2.26 bits per heavy atom. The molecule has 0 atom stereocenters. The largest absolute Gasteiger partial charge is 0.550 e. The van der Waals surface area contributed by atoms with Crippen LogP contribution < -0.4 is 5.11 Å². The van der Waals surface area contributed by atoms with Gasteiger partial charge in [0, 0.05) is 11.7 Å². The second-order valence-corrected chi connectivity index (χ2v) is 5.94. The standard InChI is InChI=1S/C20H15F4NO2/c21-14-7-5-13(6-8-14)17-11-9-15(10-12-19(26)27)25(17)18-4-2-1-3-16(18)20(22,23)24/h1-9,11H,10,12H2,(H,26,27)/p-1. The molecule has 0 amide bonds. The molecule has 0 aliphatic heterocycles. The topological polar surface area (TPSA) is 45.1 Å². The van der Waals surface area contributed by atoms with Crippen LogP contribution in [0.4, 0.5) is 17.6 Å². The molecule has 3 nitrogen and oxygen atoms in total. The summed E-state index contributed by atoms with van der Waals surface area (Å²) in [6.07, 6.45) is -4.93. The first kappa shape index (κ1) is 18.7. The predicted octanol–water partition coefficient (Wildman–Crippen LogP) is 3.98. The van der Waals surface area contributed by atoms with Crippen molar-refractivity contribution in [2.24, 2.45) is 0 Å². The van der Waals surface area contributed by atoms with Gasteiger partial charge in [0.05, 0.1) is 16.9 Å². The third-order valence-electron chi connectivity index (χ3n) is 4.14. The van der Waals surface area contributed by atoms with Gasteiger partial charge in [0.1, 0.15) is 5.82 Å². The monoisotopic (exact) mass is 376 g/mol. The number of carbonyl (C=O) groups excluding carboxylic acids is 1. The average Bonchev–Trinajstić information content (AvgIpc) is 3.03. The van der Waals surface area contributed by atoms with Crippen molar-refractivity contribution in [2.45, 2.75) is 19.0 Å². The molecular weight excluding hydrogens is 362 g/mol. The zero-order valence-corrected chi connectivity index (χ0v) is 14.0. The highest BCUT2D eigenvalue weighted by Crippen LogP contribution is 2.37. The van der Waals surface area contributed by atoms with Crippen molar-refractivity contribution in [3.63, 3.8) is 0 Å². The van der Waals surface area contributed by atoms with E-state index in [1.807, 2.05) is 0 Å². The zero-order chi connectivity index (χ0) is 19.6. The van der Waals surface area contributed by atoms with Gasteiger partial charge in [-0.1, -0.05) is 12.1 Å². The predicted molar refractivity (Wildman–Crippen MR) is 89.5 cm³/mol. The van der Waals surface area contributed by atoms with E-state index in [9.17, 15) is 27.5 Å². The van der Waals surface area contributed by atoms with Gasteiger partial charge in [-0.25, -0.2) is 4.39 Å². The van der Waals surface area contributed by atoms with Gasteiger partial charge in [-0.15, -0.1) is 0 Å². The van der Waals surface area contributed by atoms with E-state index in [0.717, 1.165) is 6.07 Å². The Kier molecular flexibility index (Phi) is 5.03. The first-order valence-electron chi connectivity index (χ1n) is 8.10. The first-order chi connectivity index (χ1) is 12.8. The summed E-state index contributed by atoms with van der Waals surface area (Å²) in [6.45, 7) is 0. The van der Waals surface area contributed by atoms with Crippen LogP contribution in [0, 0.1) is 5.82 Å². The molecule has 0 fully saturated rings. The minimum absolute atomic E-state index is 0.00425. The van der Waals surface area contributed by atoms with Crippen LogP contribution in [0.25, 0.3) is 16.9 Å². The minimum Gasteiger partial charge on any atom is -0.550 e. The molecule has 27 heavy (non-hydrogen) atoms. The van der Waals surface area contributed by atoms with Gasteiger partial charge in [-0.05, 0) is 66.9 Å². The van der Waals surface area contributed by atoms with Crippen LogP contribution in [0.15, 0.2) is 60.7 Å². The van der Waals surface area contributed by atoms with Crippen molar-refractivity contribution < 1.29 is 27.5 Å². The number of carboxylic acid groups (broad SMARTS) is 1. The Morgan fingerprint density at radius 2 is 1.63 bits per heavy atom. The fraction of sp³-hybridized carbons (Fsp3) is 0.150. The van der Waals surface area contributed by atoms with Gasteiger partial charge in [0.15, 0.2) is 0 Å². The number of aliphatic carboxylic acids is 1. The number of carboxylic acids is 1. The number of aromatic nitrogens is 1. The maximum Gasteiger partial charge on any atom is 0.418 e. The van der Waals surface area contributed by atoms with Gasteiger partial charge in [0.2, 0.25) is 0 Å². The number of alkyl halides is 3. The van der Waals surface area contributed by atoms with E-state index in [0.29, 0.717) is 17.0 Å². The molecule has 3 rings (SSSR count). The van der Waals surface area contributed by atoms with Crippen molar-refractivity contribution in [2.75, 3.05) is 0 Å². The Bertz CT molecular complexity index is 959. The van der Waals surface area contributed by atoms with Crippen molar-refractivity contribution >= 4 is 5.97 Å². The number of halogens is 4. The second kappa shape index (κ2) is 7.26. The summed E-state index contributed by atoms with van der Waals surface area (Å²) in [5.41, 5.74) is 0.324. The van der Waals surface area contributed by atoms with Crippen LogP contribution in [0.3, 0.4) is 0 Å². The lowest BCUT2D eigenvalue weighted by atomic mass is 10.1. The van der Waals surface area contributed by atoms with Crippen LogP contribution in [0.2, 0.25) is 0 Å². The highest BCUT2D eigenvalue weighted by atomic mass is 19.4. The maximum atomic E-state index is 13.5. The van der Waals surface area contributed by atoms with E-state index >= 15 is 0 Å². The van der Waals surface area contributed by atoms with Crippen molar-refractivity contribution in [3.05, 3.63) is 77.7 Å². The number of hydrogen-bond donors (Lipinski definition) is 0. The third kappa shape index (κ3) is 4.02. The summed E-state index contributed by atoms with van der Waals surface area (Å²) in [5.74, 6) is -1.76. The minimum atomic E-state index is -4.59. The average molecular weight is 376 g/mol. The van der Waals surface area contributed by atoms with Gasteiger partial charge in [-0.3, -0.25) is 0 Å². The van der Waals surface area contributed by atoms with E-state index in [4.69, 9.17) is 0 Å². The lowest BCUT2D eigenvalue weighted by Gasteiger charge is -2.19. The van der Waals surface area contributed by atoms with E-state index in [1.165, 1.54) is 47.0 Å². The lowest BCUT2D eigenvalue weighted by molar-refractivity contribution is -0.305. The molecule has 0 saturated carbocycles. The third-order valence-corrected chi connectivity index (χ3v) is 4.14. The van der Waals surface area contributed by atoms with Gasteiger partial charge in [0.25, 0.3) is 0 Å². The number of carbonyl (C=O) groups is 1. The molecule has 0 spiro atoms. The Labute approximate surface area is 152 Å². The zero-order valence-electron chi connectivity index (χ0n) is 14.0. The molecule has 0 unspecified atom stereocenters. The van der Waals surface area contributed by atoms with E-state index in [2.05, 4.69) is 0 Å². The molecule has 140 valence electrons. The number of aryl methyl sites for hydroxylation is 1. The number of nitrogens with zero attached hydrogens (tertiary/aromatic N) is 1. The van der Waals surface area contributed by atoms with Crippen molar-refractivity contribution in [3.8, 4) is 16.9 Å². The number of para-hydroxylation sites is 1.